The Morgan fingerprint density at radius 3 is 2.92 bits per heavy atom. The van der Waals surface area contributed by atoms with Gasteiger partial charge in [-0.1, -0.05) is 11.8 Å². The van der Waals surface area contributed by atoms with Crippen LogP contribution in [0.25, 0.3) is 0 Å². The van der Waals surface area contributed by atoms with Crippen LogP contribution in [0.4, 0.5) is 0 Å². The lowest BCUT2D eigenvalue weighted by atomic mass is 10.4. The third-order valence-corrected chi connectivity index (χ3v) is 1.81. The summed E-state index contributed by atoms with van der Waals surface area (Å²) < 4.78 is 5.23. The average Bonchev–Trinajstić information content (AvgIpc) is 2.51. The molecule has 4 nitrogen and oxygen atoms in total. The Morgan fingerprint density at radius 1 is 1.62 bits per heavy atom. The van der Waals surface area contributed by atoms with E-state index in [9.17, 15) is 0 Å². The smallest absolute Gasteiger partial charge is 0.180 e. The average molecular weight is 197 g/mol. The molecule has 0 aliphatic carbocycles. The van der Waals surface area contributed by atoms with Crippen LogP contribution < -0.4 is 5.73 Å². The monoisotopic (exact) mass is 197 g/mol. The molecular formula is C8H11N3OS. The molecule has 5 heteroatoms. The molecule has 0 aliphatic heterocycles. The Labute approximate surface area is 80.9 Å². The minimum atomic E-state index is 0.430. The van der Waals surface area contributed by atoms with Crippen LogP contribution in [-0.4, -0.2) is 17.6 Å². The third-order valence-electron chi connectivity index (χ3n) is 1.31. The standard InChI is InChI=1S/C8H11N3OS/c1-6-3-4-7(12-6)5-10-11-8(9)13-2/h3-5H,1-2H3,(H2,9,11)/b10-5-. The van der Waals surface area contributed by atoms with Gasteiger partial charge in [-0.3, -0.25) is 0 Å². The van der Waals surface area contributed by atoms with Crippen LogP contribution in [0, 0.1) is 6.92 Å². The summed E-state index contributed by atoms with van der Waals surface area (Å²) in [5.74, 6) is 1.53. The zero-order chi connectivity index (χ0) is 9.68. The van der Waals surface area contributed by atoms with E-state index in [-0.39, 0.29) is 0 Å². The van der Waals surface area contributed by atoms with Crippen molar-refractivity contribution < 1.29 is 4.42 Å². The summed E-state index contributed by atoms with van der Waals surface area (Å²) in [5, 5.41) is 7.89. The fraction of sp³-hybridized carbons (Fsp3) is 0.250. The zero-order valence-electron chi connectivity index (χ0n) is 7.52. The lowest BCUT2D eigenvalue weighted by Crippen LogP contribution is -2.03. The molecule has 0 saturated heterocycles. The van der Waals surface area contributed by atoms with Gasteiger partial charge in [-0.05, 0) is 25.3 Å². The highest BCUT2D eigenvalue weighted by Crippen LogP contribution is 2.03. The Morgan fingerprint density at radius 2 is 2.38 bits per heavy atom. The van der Waals surface area contributed by atoms with Crippen molar-refractivity contribution in [3.8, 4) is 0 Å². The number of rotatable bonds is 2. The van der Waals surface area contributed by atoms with Gasteiger partial charge in [0.25, 0.3) is 0 Å². The van der Waals surface area contributed by atoms with Crippen molar-refractivity contribution in [2.24, 2.45) is 15.9 Å². The van der Waals surface area contributed by atoms with Crippen LogP contribution in [0.2, 0.25) is 0 Å². The predicted molar refractivity (Wildman–Crippen MR) is 56.2 cm³/mol. The maximum atomic E-state index is 5.41. The number of furan rings is 1. The number of hydrogen-bond acceptors (Lipinski definition) is 4. The molecule has 0 spiro atoms. The predicted octanol–water partition coefficient (Wildman–Crippen LogP) is 1.60. The molecule has 2 N–H and O–H groups in total. The summed E-state index contributed by atoms with van der Waals surface area (Å²) in [6.07, 6.45) is 3.36. The van der Waals surface area contributed by atoms with E-state index in [0.717, 1.165) is 5.76 Å². The number of aryl methyl sites for hydroxylation is 1. The molecule has 1 aromatic rings. The Balaban J connectivity index is 2.59. The van der Waals surface area contributed by atoms with Crippen LogP contribution in [0.15, 0.2) is 26.8 Å². The highest BCUT2D eigenvalue weighted by Gasteiger charge is 1.92. The third kappa shape index (κ3) is 3.33. The number of nitrogens with two attached hydrogens (primary N) is 1. The second-order valence-corrected chi connectivity index (χ2v) is 3.16. The minimum absolute atomic E-state index is 0.430. The van der Waals surface area contributed by atoms with E-state index in [1.165, 1.54) is 18.0 Å². The molecule has 0 saturated carbocycles. The van der Waals surface area contributed by atoms with Crippen molar-refractivity contribution in [2.75, 3.05) is 6.26 Å². The van der Waals surface area contributed by atoms with Gasteiger partial charge in [0.2, 0.25) is 0 Å². The topological polar surface area (TPSA) is 63.9 Å². The summed E-state index contributed by atoms with van der Waals surface area (Å²) in [5.41, 5.74) is 5.41. The van der Waals surface area contributed by atoms with Crippen molar-refractivity contribution >= 4 is 23.1 Å². The first kappa shape index (κ1) is 9.85. The Kier molecular flexibility index (Phi) is 3.57. The van der Waals surface area contributed by atoms with E-state index in [0.29, 0.717) is 10.9 Å². The van der Waals surface area contributed by atoms with Gasteiger partial charge < -0.3 is 10.2 Å². The second kappa shape index (κ2) is 4.71. The van der Waals surface area contributed by atoms with Crippen LogP contribution >= 0.6 is 11.8 Å². The zero-order valence-corrected chi connectivity index (χ0v) is 8.34. The van der Waals surface area contributed by atoms with Crippen LogP contribution in [0.3, 0.4) is 0 Å². The summed E-state index contributed by atoms with van der Waals surface area (Å²) in [6, 6.07) is 3.69. The largest absolute Gasteiger partial charge is 0.460 e. The molecule has 0 atom stereocenters. The fourth-order valence-corrected chi connectivity index (χ4v) is 0.835. The van der Waals surface area contributed by atoms with Crippen molar-refractivity contribution in [3.63, 3.8) is 0 Å². The van der Waals surface area contributed by atoms with Gasteiger partial charge in [0.1, 0.15) is 11.5 Å². The summed E-state index contributed by atoms with van der Waals surface area (Å²) >= 11 is 1.35. The van der Waals surface area contributed by atoms with E-state index >= 15 is 0 Å². The number of nitrogens with zero attached hydrogens (tertiary/aromatic N) is 2. The highest BCUT2D eigenvalue weighted by atomic mass is 32.2. The maximum Gasteiger partial charge on any atom is 0.180 e. The Bertz CT molecular complexity index is 330. The SMILES string of the molecule is CS/C(N)=N/N=C\c1ccc(C)o1. The van der Waals surface area contributed by atoms with E-state index in [2.05, 4.69) is 10.2 Å². The summed E-state index contributed by atoms with van der Waals surface area (Å²) in [6.45, 7) is 1.87. The van der Waals surface area contributed by atoms with Gasteiger partial charge in [-0.2, -0.15) is 5.10 Å². The molecule has 0 bridgehead atoms. The molecule has 1 aromatic heterocycles. The molecule has 0 unspecified atom stereocenters. The molecule has 1 rings (SSSR count). The highest BCUT2D eigenvalue weighted by molar-refractivity contribution is 8.13. The van der Waals surface area contributed by atoms with Crippen molar-refractivity contribution in [2.45, 2.75) is 6.92 Å². The lowest BCUT2D eigenvalue weighted by molar-refractivity contribution is 0.528. The molecule has 0 amide bonds. The first-order valence-electron chi connectivity index (χ1n) is 3.69. The molecule has 0 radical (unpaired) electrons. The number of hydrogen-bond donors (Lipinski definition) is 1. The first-order valence-corrected chi connectivity index (χ1v) is 4.92. The maximum absolute atomic E-state index is 5.41. The number of amidine groups is 1. The molecule has 70 valence electrons. The Hall–Kier alpha value is -1.23. The fourth-order valence-electron chi connectivity index (χ4n) is 0.706. The molecule has 0 fully saturated rings. The van der Waals surface area contributed by atoms with E-state index in [4.69, 9.17) is 10.2 Å². The normalized spacial score (nSPS) is 12.6. The van der Waals surface area contributed by atoms with Crippen molar-refractivity contribution in [3.05, 3.63) is 23.7 Å². The molecule has 13 heavy (non-hydrogen) atoms. The van der Waals surface area contributed by atoms with E-state index < -0.39 is 0 Å². The van der Waals surface area contributed by atoms with Gasteiger partial charge in [0, 0.05) is 0 Å². The molecule has 0 aromatic carbocycles. The van der Waals surface area contributed by atoms with Gasteiger partial charge in [-0.25, -0.2) is 0 Å². The van der Waals surface area contributed by atoms with Crippen LogP contribution in [0.5, 0.6) is 0 Å². The van der Waals surface area contributed by atoms with Gasteiger partial charge in [0.15, 0.2) is 5.17 Å². The van der Waals surface area contributed by atoms with Gasteiger partial charge in [-0.15, -0.1) is 5.10 Å². The first-order chi connectivity index (χ1) is 6.22. The van der Waals surface area contributed by atoms with E-state index in [1.807, 2.05) is 25.3 Å². The summed E-state index contributed by atoms with van der Waals surface area (Å²) in [7, 11) is 0. The quantitative estimate of drug-likeness (QED) is 0.445. The molecular weight excluding hydrogens is 186 g/mol. The summed E-state index contributed by atoms with van der Waals surface area (Å²) in [4.78, 5) is 0. The van der Waals surface area contributed by atoms with E-state index in [1.54, 1.807) is 0 Å². The van der Waals surface area contributed by atoms with Gasteiger partial charge in [0.05, 0.1) is 6.21 Å². The lowest BCUT2D eigenvalue weighted by Gasteiger charge is -1.87. The molecule has 0 aliphatic rings. The van der Waals surface area contributed by atoms with Crippen molar-refractivity contribution in [1.29, 1.82) is 0 Å². The van der Waals surface area contributed by atoms with Crippen molar-refractivity contribution in [1.82, 2.24) is 0 Å². The van der Waals surface area contributed by atoms with Gasteiger partial charge >= 0.3 is 0 Å². The number of thioether (sulfide) groups is 1. The molecule has 1 heterocycles. The van der Waals surface area contributed by atoms with Crippen LogP contribution in [-0.2, 0) is 0 Å². The second-order valence-electron chi connectivity index (χ2n) is 2.34. The van der Waals surface area contributed by atoms with Crippen LogP contribution in [0.1, 0.15) is 11.5 Å². The minimum Gasteiger partial charge on any atom is -0.460 e.